The van der Waals surface area contributed by atoms with E-state index in [1.165, 1.54) is 16.7 Å². The molecule has 1 unspecified atom stereocenters. The Balaban J connectivity index is 0. The summed E-state index contributed by atoms with van der Waals surface area (Å²) in [6, 6.07) is 0. The summed E-state index contributed by atoms with van der Waals surface area (Å²) in [5, 5.41) is 0. The average molecular weight is 432 g/mol. The maximum Gasteiger partial charge on any atom is 3.00 e. The van der Waals surface area contributed by atoms with Crippen LogP contribution in [-0.2, 0) is 26.5 Å². The predicted octanol–water partition coefficient (Wildman–Crippen LogP) is 0.195. The summed E-state index contributed by atoms with van der Waals surface area (Å²) in [5.41, 5.74) is 4.18. The van der Waals surface area contributed by atoms with Gasteiger partial charge in [0.05, 0.1) is 5.60 Å². The molecule has 0 saturated heterocycles. The van der Waals surface area contributed by atoms with Crippen LogP contribution in [0.3, 0.4) is 0 Å². The normalized spacial score (nSPS) is 22.3. The third kappa shape index (κ3) is 6.68. The first-order chi connectivity index (χ1) is 10.6. The van der Waals surface area contributed by atoms with Crippen LogP contribution in [0.25, 0.3) is 0 Å². The van der Waals surface area contributed by atoms with E-state index in [0.717, 1.165) is 25.9 Å². The van der Waals surface area contributed by atoms with Crippen molar-refractivity contribution in [2.75, 3.05) is 6.61 Å². The molecule has 2 rings (SSSR count). The molecule has 145 valence electrons. The van der Waals surface area contributed by atoms with E-state index in [1.807, 2.05) is 0 Å². The molecule has 0 aromatic heterocycles. The first kappa shape index (κ1) is 28.4. The van der Waals surface area contributed by atoms with Crippen molar-refractivity contribution in [2.45, 2.75) is 73.3 Å². The van der Waals surface area contributed by atoms with Gasteiger partial charge in [-0.05, 0) is 41.7 Å². The van der Waals surface area contributed by atoms with Crippen LogP contribution in [0.4, 0.5) is 0 Å². The Morgan fingerprint density at radius 1 is 1.08 bits per heavy atom. The summed E-state index contributed by atoms with van der Waals surface area (Å²) in [4.78, 5) is 0. The fourth-order valence-corrected chi connectivity index (χ4v) is 3.66. The largest absolute Gasteiger partial charge is 3.00 e. The molecule has 1 nitrogen and oxygen atoms in total. The monoisotopic (exact) mass is 431 g/mol. The molecule has 0 N–H and O–H groups in total. The molecule has 2 aliphatic carbocycles. The molecule has 4 heteroatoms. The minimum atomic E-state index is -0.223. The Bertz CT molecular complexity index is 574. The SMILES string of the molecule is CCOC1(CC2=[C-]CC=C2)CC=C(C(C)(C)C)C=C1C(C)(C)C.[Cl-].[Cl-].[Ti+3]. The van der Waals surface area contributed by atoms with Crippen molar-refractivity contribution in [3.8, 4) is 0 Å². The quantitative estimate of drug-likeness (QED) is 0.456. The zero-order chi connectivity index (χ0) is 17.3. The fourth-order valence-electron chi connectivity index (χ4n) is 3.66. The van der Waals surface area contributed by atoms with Gasteiger partial charge in [-0.2, -0.15) is 6.08 Å². The van der Waals surface area contributed by atoms with Crippen molar-refractivity contribution in [3.63, 3.8) is 0 Å². The maximum absolute atomic E-state index is 6.42. The topological polar surface area (TPSA) is 9.23 Å². The van der Waals surface area contributed by atoms with Gasteiger partial charge < -0.3 is 29.6 Å². The second-order valence-electron chi connectivity index (χ2n) is 8.83. The van der Waals surface area contributed by atoms with Crippen LogP contribution >= 0.6 is 0 Å². The minimum Gasteiger partial charge on any atom is -1.00 e. The van der Waals surface area contributed by atoms with Crippen molar-refractivity contribution < 1.29 is 51.3 Å². The molecule has 0 fully saturated rings. The summed E-state index contributed by atoms with van der Waals surface area (Å²) in [5.74, 6) is 0. The third-order valence-corrected chi connectivity index (χ3v) is 4.78. The van der Waals surface area contributed by atoms with Crippen molar-refractivity contribution in [1.29, 1.82) is 0 Å². The Hall–Kier alpha value is 0.214. The van der Waals surface area contributed by atoms with E-state index in [0.29, 0.717) is 0 Å². The van der Waals surface area contributed by atoms with E-state index >= 15 is 0 Å². The second kappa shape index (κ2) is 10.7. The summed E-state index contributed by atoms with van der Waals surface area (Å²) in [6.07, 6.45) is 15.5. The Morgan fingerprint density at radius 2 is 1.69 bits per heavy atom. The van der Waals surface area contributed by atoms with Gasteiger partial charge in [0.25, 0.3) is 0 Å². The summed E-state index contributed by atoms with van der Waals surface area (Å²) >= 11 is 0. The van der Waals surface area contributed by atoms with E-state index in [2.05, 4.69) is 78.8 Å². The van der Waals surface area contributed by atoms with Gasteiger partial charge in [0, 0.05) is 6.61 Å². The Kier molecular flexibility index (Phi) is 11.7. The zero-order valence-electron chi connectivity index (χ0n) is 17.3. The number of ether oxygens (including phenoxy) is 1. The number of hydrogen-bond acceptors (Lipinski definition) is 1. The molecule has 0 spiro atoms. The van der Waals surface area contributed by atoms with Gasteiger partial charge in [0.2, 0.25) is 0 Å². The van der Waals surface area contributed by atoms with Crippen LogP contribution in [0.1, 0.15) is 67.7 Å². The van der Waals surface area contributed by atoms with E-state index in [-0.39, 0.29) is 63.0 Å². The standard InChI is InChI=1S/C22H33O.2ClH.Ti/c1-8-23-22(16-17-11-9-10-12-17)14-13-18(20(2,3)4)15-19(22)21(5,6)7;;;/h9,11,13,15H,8,10,14,16H2,1-7H3;2*1H;/q-1;;;+3/p-2. The smallest absolute Gasteiger partial charge is 1.00 e. The Labute approximate surface area is 188 Å². The van der Waals surface area contributed by atoms with Crippen LogP contribution in [0, 0.1) is 16.9 Å². The average Bonchev–Trinajstić information content (AvgIpc) is 2.89. The first-order valence-electron chi connectivity index (χ1n) is 8.92. The minimum absolute atomic E-state index is 0. The fraction of sp³-hybridized carbons (Fsp3) is 0.636. The Morgan fingerprint density at radius 3 is 2.12 bits per heavy atom. The van der Waals surface area contributed by atoms with Crippen molar-refractivity contribution >= 4 is 0 Å². The first-order valence-corrected chi connectivity index (χ1v) is 8.92. The molecule has 0 amide bonds. The molecule has 1 radical (unpaired) electrons. The number of halogens is 2. The number of allylic oxidation sites excluding steroid dienone is 5. The predicted molar refractivity (Wildman–Crippen MR) is 99.2 cm³/mol. The van der Waals surface area contributed by atoms with Gasteiger partial charge in [-0.1, -0.05) is 53.7 Å². The van der Waals surface area contributed by atoms with Crippen LogP contribution in [-0.4, -0.2) is 12.2 Å². The van der Waals surface area contributed by atoms with Crippen LogP contribution < -0.4 is 24.8 Å². The number of rotatable bonds is 4. The molecule has 2 aliphatic rings. The van der Waals surface area contributed by atoms with Gasteiger partial charge >= 0.3 is 21.7 Å². The molecule has 0 bridgehead atoms. The molecule has 1 atom stereocenters. The van der Waals surface area contributed by atoms with E-state index in [1.54, 1.807) is 0 Å². The summed E-state index contributed by atoms with van der Waals surface area (Å²) < 4.78 is 6.42. The van der Waals surface area contributed by atoms with E-state index in [9.17, 15) is 0 Å². The van der Waals surface area contributed by atoms with E-state index in [4.69, 9.17) is 4.74 Å². The molecule has 0 aromatic carbocycles. The van der Waals surface area contributed by atoms with Gasteiger partial charge in [0.1, 0.15) is 0 Å². The van der Waals surface area contributed by atoms with Gasteiger partial charge in [-0.25, -0.2) is 11.6 Å². The molecule has 0 heterocycles. The third-order valence-electron chi connectivity index (χ3n) is 4.78. The second-order valence-corrected chi connectivity index (χ2v) is 8.83. The van der Waals surface area contributed by atoms with Crippen molar-refractivity contribution in [3.05, 3.63) is 47.1 Å². The molecule has 26 heavy (non-hydrogen) atoms. The summed E-state index contributed by atoms with van der Waals surface area (Å²) in [7, 11) is 0. The zero-order valence-corrected chi connectivity index (χ0v) is 20.4. The van der Waals surface area contributed by atoms with E-state index < -0.39 is 0 Å². The van der Waals surface area contributed by atoms with Gasteiger partial charge in [-0.15, -0.1) is 6.42 Å². The molecular weight excluding hydrogens is 399 g/mol. The van der Waals surface area contributed by atoms with Crippen molar-refractivity contribution in [1.82, 2.24) is 0 Å². The summed E-state index contributed by atoms with van der Waals surface area (Å²) in [6.45, 7) is 16.6. The van der Waals surface area contributed by atoms with Crippen molar-refractivity contribution in [2.24, 2.45) is 10.8 Å². The van der Waals surface area contributed by atoms with Gasteiger partial charge in [0.15, 0.2) is 0 Å². The molecule has 0 saturated carbocycles. The molecule has 0 aliphatic heterocycles. The van der Waals surface area contributed by atoms with Crippen LogP contribution in [0.15, 0.2) is 41.0 Å². The van der Waals surface area contributed by atoms with Crippen LogP contribution in [0.2, 0.25) is 0 Å². The van der Waals surface area contributed by atoms with Gasteiger partial charge in [-0.3, -0.25) is 6.08 Å². The molecule has 0 aromatic rings. The molecular formula is C22H33Cl2OTi. The van der Waals surface area contributed by atoms with Crippen LogP contribution in [0.5, 0.6) is 0 Å². The maximum atomic E-state index is 6.42. The number of hydrogen-bond donors (Lipinski definition) is 0.